The topological polar surface area (TPSA) is 29.1 Å². The highest BCUT2D eigenvalue weighted by molar-refractivity contribution is 4.65. The Morgan fingerprint density at radius 1 is 1.44 bits per heavy atom. The fourth-order valence-corrected chi connectivity index (χ4v) is 0.834. The molecule has 55 valence electrons. The van der Waals surface area contributed by atoms with Gasteiger partial charge in [0, 0.05) is 0 Å². The van der Waals surface area contributed by atoms with E-state index in [0.29, 0.717) is 0 Å². The molecule has 9 heavy (non-hydrogen) atoms. The van der Waals surface area contributed by atoms with E-state index in [-0.39, 0.29) is 5.60 Å². The van der Waals surface area contributed by atoms with Gasteiger partial charge >= 0.3 is 0 Å². The van der Waals surface area contributed by atoms with Gasteiger partial charge in [-0.1, -0.05) is 13.3 Å². The molecular formula is C7H15O2. The molecule has 0 fully saturated rings. The zero-order valence-electron chi connectivity index (χ0n) is 6.44. The standard InChI is InChI=1S/C7H15O2/c1-4-5-7(2,3)9-6-8/h4-6H2,1-3H3. The van der Waals surface area contributed by atoms with Crippen molar-refractivity contribution in [2.45, 2.75) is 39.2 Å². The molecule has 0 aliphatic rings. The predicted molar refractivity (Wildman–Crippen MR) is 35.6 cm³/mol. The molecule has 0 bridgehead atoms. The normalized spacial score (nSPS) is 12.0. The molecule has 0 atom stereocenters. The van der Waals surface area contributed by atoms with E-state index in [9.17, 15) is 5.11 Å². The molecule has 0 aromatic heterocycles. The van der Waals surface area contributed by atoms with Crippen molar-refractivity contribution in [1.29, 1.82) is 0 Å². The maximum atomic E-state index is 10.00. The monoisotopic (exact) mass is 131 g/mol. The molecule has 0 N–H and O–H groups in total. The second-order valence-electron chi connectivity index (χ2n) is 2.77. The highest BCUT2D eigenvalue weighted by Crippen LogP contribution is 2.15. The molecule has 0 aromatic carbocycles. The molecule has 1 radical (unpaired) electrons. The lowest BCUT2D eigenvalue weighted by atomic mass is 10.0. The van der Waals surface area contributed by atoms with E-state index in [1.807, 2.05) is 13.8 Å². The summed E-state index contributed by atoms with van der Waals surface area (Å²) in [6.45, 7) is 5.53. The summed E-state index contributed by atoms with van der Waals surface area (Å²) in [5, 5.41) is 10.00. The lowest BCUT2D eigenvalue weighted by Gasteiger charge is -2.22. The van der Waals surface area contributed by atoms with Crippen LogP contribution in [-0.4, -0.2) is 12.4 Å². The van der Waals surface area contributed by atoms with E-state index in [4.69, 9.17) is 4.74 Å². The van der Waals surface area contributed by atoms with Gasteiger partial charge in [0.05, 0.1) is 5.60 Å². The van der Waals surface area contributed by atoms with Gasteiger partial charge in [-0.05, 0) is 20.3 Å². The van der Waals surface area contributed by atoms with Crippen LogP contribution >= 0.6 is 0 Å². The average Bonchev–Trinajstić information content (AvgIpc) is 1.64. The Bertz CT molecular complexity index is 61.3. The largest absolute Gasteiger partial charge is 0.346 e. The molecule has 0 unspecified atom stereocenters. The number of rotatable bonds is 4. The molecular weight excluding hydrogens is 116 g/mol. The third-order valence-electron chi connectivity index (χ3n) is 1.30. The highest BCUT2D eigenvalue weighted by Gasteiger charge is 2.15. The molecule has 0 saturated heterocycles. The third kappa shape index (κ3) is 4.43. The molecule has 0 aliphatic heterocycles. The van der Waals surface area contributed by atoms with Gasteiger partial charge in [0.15, 0.2) is 6.79 Å². The van der Waals surface area contributed by atoms with Crippen LogP contribution in [0.4, 0.5) is 0 Å². The molecule has 2 heteroatoms. The van der Waals surface area contributed by atoms with Crippen molar-refractivity contribution in [3.63, 3.8) is 0 Å². The van der Waals surface area contributed by atoms with Crippen molar-refractivity contribution in [2.24, 2.45) is 0 Å². The molecule has 0 rings (SSSR count). The molecule has 0 aromatic rings. The van der Waals surface area contributed by atoms with E-state index >= 15 is 0 Å². The van der Waals surface area contributed by atoms with Gasteiger partial charge in [-0.15, -0.1) is 0 Å². The fourth-order valence-electron chi connectivity index (χ4n) is 0.834. The first-order valence-corrected chi connectivity index (χ1v) is 3.34. The van der Waals surface area contributed by atoms with Crippen LogP contribution in [-0.2, 0) is 9.84 Å². The van der Waals surface area contributed by atoms with Crippen molar-refractivity contribution in [2.75, 3.05) is 6.79 Å². The summed E-state index contributed by atoms with van der Waals surface area (Å²) >= 11 is 0. The van der Waals surface area contributed by atoms with Crippen LogP contribution in [0.2, 0.25) is 0 Å². The number of hydrogen-bond donors (Lipinski definition) is 0. The quantitative estimate of drug-likeness (QED) is 0.536. The van der Waals surface area contributed by atoms with Crippen molar-refractivity contribution in [3.05, 3.63) is 0 Å². The maximum Gasteiger partial charge on any atom is 0.181 e. The SMILES string of the molecule is CCCC(C)(C)OC[O]. The van der Waals surface area contributed by atoms with Gasteiger partial charge in [0.25, 0.3) is 0 Å². The van der Waals surface area contributed by atoms with Crippen LogP contribution in [0.15, 0.2) is 0 Å². The summed E-state index contributed by atoms with van der Waals surface area (Å²) in [5.41, 5.74) is -0.212. The first-order chi connectivity index (χ1) is 4.12. The van der Waals surface area contributed by atoms with Gasteiger partial charge < -0.3 is 4.74 Å². The summed E-state index contributed by atoms with van der Waals surface area (Å²) in [7, 11) is 0. The Balaban J connectivity index is 3.43. The van der Waals surface area contributed by atoms with Crippen LogP contribution in [0.1, 0.15) is 33.6 Å². The van der Waals surface area contributed by atoms with Crippen LogP contribution in [0.25, 0.3) is 0 Å². The van der Waals surface area contributed by atoms with E-state index in [1.165, 1.54) is 0 Å². The summed E-state index contributed by atoms with van der Waals surface area (Å²) in [4.78, 5) is 0. The van der Waals surface area contributed by atoms with Crippen LogP contribution in [0.3, 0.4) is 0 Å². The van der Waals surface area contributed by atoms with E-state index in [1.54, 1.807) is 0 Å². The van der Waals surface area contributed by atoms with Gasteiger partial charge in [0.1, 0.15) is 0 Å². The predicted octanol–water partition coefficient (Wildman–Crippen LogP) is 1.97. The first-order valence-electron chi connectivity index (χ1n) is 3.34. The van der Waals surface area contributed by atoms with Crippen molar-refractivity contribution >= 4 is 0 Å². The summed E-state index contributed by atoms with van der Waals surface area (Å²) in [5.74, 6) is 0. The molecule has 0 heterocycles. The summed E-state index contributed by atoms with van der Waals surface area (Å²) < 4.78 is 4.91. The van der Waals surface area contributed by atoms with E-state index < -0.39 is 6.79 Å². The van der Waals surface area contributed by atoms with Crippen LogP contribution < -0.4 is 0 Å². The molecule has 0 aliphatic carbocycles. The third-order valence-corrected chi connectivity index (χ3v) is 1.30. The van der Waals surface area contributed by atoms with Crippen molar-refractivity contribution in [1.82, 2.24) is 0 Å². The van der Waals surface area contributed by atoms with Crippen LogP contribution in [0, 0.1) is 0 Å². The van der Waals surface area contributed by atoms with Crippen LogP contribution in [0.5, 0.6) is 0 Å². The Hall–Kier alpha value is -0.0800. The second-order valence-corrected chi connectivity index (χ2v) is 2.77. The maximum absolute atomic E-state index is 10.00. The van der Waals surface area contributed by atoms with Gasteiger partial charge in [-0.25, -0.2) is 5.11 Å². The summed E-state index contributed by atoms with van der Waals surface area (Å²) in [6, 6.07) is 0. The van der Waals surface area contributed by atoms with Crippen molar-refractivity contribution in [3.8, 4) is 0 Å². The number of hydrogen-bond acceptors (Lipinski definition) is 1. The number of ether oxygens (including phenoxy) is 1. The minimum atomic E-state index is -0.424. The van der Waals surface area contributed by atoms with E-state index in [2.05, 4.69) is 6.92 Å². The Kier molecular flexibility index (Phi) is 3.82. The molecule has 0 spiro atoms. The molecule has 2 nitrogen and oxygen atoms in total. The fraction of sp³-hybridized carbons (Fsp3) is 1.00. The Morgan fingerprint density at radius 2 is 2.00 bits per heavy atom. The Morgan fingerprint density at radius 3 is 2.33 bits per heavy atom. The first kappa shape index (κ1) is 8.92. The average molecular weight is 131 g/mol. The smallest absolute Gasteiger partial charge is 0.181 e. The molecule has 0 amide bonds. The van der Waals surface area contributed by atoms with Crippen molar-refractivity contribution < 1.29 is 9.84 Å². The summed E-state index contributed by atoms with van der Waals surface area (Å²) in [6.07, 6.45) is 2.02. The lowest BCUT2D eigenvalue weighted by Crippen LogP contribution is -2.23. The molecule has 0 saturated carbocycles. The Labute approximate surface area is 56.8 Å². The zero-order valence-corrected chi connectivity index (χ0v) is 6.44. The minimum absolute atomic E-state index is 0.212. The lowest BCUT2D eigenvalue weighted by molar-refractivity contribution is -0.127. The van der Waals surface area contributed by atoms with Gasteiger partial charge in [0.2, 0.25) is 0 Å². The van der Waals surface area contributed by atoms with Gasteiger partial charge in [-0.2, -0.15) is 0 Å². The highest BCUT2D eigenvalue weighted by atomic mass is 16.6. The second kappa shape index (κ2) is 3.85. The minimum Gasteiger partial charge on any atom is -0.346 e. The van der Waals surface area contributed by atoms with Gasteiger partial charge in [-0.3, -0.25) is 0 Å². The van der Waals surface area contributed by atoms with E-state index in [0.717, 1.165) is 12.8 Å². The zero-order chi connectivity index (χ0) is 7.33.